The molecule has 0 spiro atoms. The van der Waals surface area contributed by atoms with Crippen LogP contribution in [-0.2, 0) is 34.4 Å². The first-order valence-corrected chi connectivity index (χ1v) is 13.2. The van der Waals surface area contributed by atoms with E-state index in [4.69, 9.17) is 0 Å². The lowest BCUT2D eigenvalue weighted by atomic mass is 9.86. The van der Waals surface area contributed by atoms with E-state index < -0.39 is 11.6 Å². The molecule has 0 saturated heterocycles. The van der Waals surface area contributed by atoms with E-state index in [1.807, 2.05) is 81.4 Å². The second-order valence-corrected chi connectivity index (χ2v) is 11.9. The third kappa shape index (κ3) is 8.89. The number of amides is 2. The highest BCUT2D eigenvalue weighted by Crippen LogP contribution is 2.23. The van der Waals surface area contributed by atoms with Crippen molar-refractivity contribution in [1.29, 1.82) is 0 Å². The lowest BCUT2D eigenvalue weighted by Gasteiger charge is -2.34. The fraction of sp³-hybridized carbons (Fsp3) is 0.394. The van der Waals surface area contributed by atoms with Crippen LogP contribution in [0.25, 0.3) is 0 Å². The van der Waals surface area contributed by atoms with E-state index in [0.717, 1.165) is 16.7 Å². The summed E-state index contributed by atoms with van der Waals surface area (Å²) in [7, 11) is 0. The molecule has 0 aliphatic carbocycles. The molecule has 0 radical (unpaired) electrons. The van der Waals surface area contributed by atoms with Crippen LogP contribution in [0.5, 0.6) is 0 Å². The van der Waals surface area contributed by atoms with Gasteiger partial charge in [-0.15, -0.1) is 0 Å². The van der Waals surface area contributed by atoms with Crippen molar-refractivity contribution in [2.45, 2.75) is 84.3 Å². The number of benzene rings is 3. The Morgan fingerprint density at radius 1 is 0.730 bits per heavy atom. The van der Waals surface area contributed by atoms with E-state index in [2.05, 4.69) is 50.4 Å². The highest BCUT2D eigenvalue weighted by molar-refractivity contribution is 5.88. The predicted molar refractivity (Wildman–Crippen MR) is 152 cm³/mol. The minimum Gasteiger partial charge on any atom is -0.350 e. The van der Waals surface area contributed by atoms with E-state index in [-0.39, 0.29) is 17.2 Å². The Kier molecular flexibility index (Phi) is 9.31. The van der Waals surface area contributed by atoms with Crippen LogP contribution in [0.15, 0.2) is 84.9 Å². The minimum absolute atomic E-state index is 0.0197. The zero-order valence-electron chi connectivity index (χ0n) is 23.3. The van der Waals surface area contributed by atoms with Crippen LogP contribution < -0.4 is 5.32 Å². The topological polar surface area (TPSA) is 49.4 Å². The average Bonchev–Trinajstić information content (AvgIpc) is 2.84. The maximum absolute atomic E-state index is 13.8. The summed E-state index contributed by atoms with van der Waals surface area (Å²) in [4.78, 5) is 29.2. The molecule has 0 bridgehead atoms. The Hall–Kier alpha value is -3.40. The number of hydrogen-bond acceptors (Lipinski definition) is 2. The van der Waals surface area contributed by atoms with Crippen LogP contribution in [0.2, 0.25) is 0 Å². The van der Waals surface area contributed by atoms with E-state index in [1.54, 1.807) is 4.90 Å². The molecular weight excluding hydrogens is 456 g/mol. The van der Waals surface area contributed by atoms with Crippen LogP contribution in [-0.4, -0.2) is 28.3 Å². The summed E-state index contributed by atoms with van der Waals surface area (Å²) in [6.45, 7) is 12.9. The van der Waals surface area contributed by atoms with Gasteiger partial charge in [0.15, 0.2) is 0 Å². The first kappa shape index (κ1) is 28.2. The summed E-state index contributed by atoms with van der Waals surface area (Å²) in [5, 5.41) is 3.12. The van der Waals surface area contributed by atoms with E-state index in [1.165, 1.54) is 5.56 Å². The van der Waals surface area contributed by atoms with Crippen LogP contribution in [0.4, 0.5) is 0 Å². The van der Waals surface area contributed by atoms with Gasteiger partial charge in [0.25, 0.3) is 0 Å². The number of aryl methyl sites for hydroxylation is 1. The number of nitrogens with one attached hydrogen (secondary N) is 1. The Balaban J connectivity index is 1.87. The Bertz CT molecular complexity index is 1140. The minimum atomic E-state index is -0.613. The third-order valence-corrected chi connectivity index (χ3v) is 6.41. The van der Waals surface area contributed by atoms with E-state index >= 15 is 0 Å². The molecule has 4 heteroatoms. The Morgan fingerprint density at radius 3 is 1.78 bits per heavy atom. The van der Waals surface area contributed by atoms with E-state index in [0.29, 0.717) is 25.8 Å². The smallest absolute Gasteiger partial charge is 0.243 e. The van der Waals surface area contributed by atoms with Crippen molar-refractivity contribution < 1.29 is 9.59 Å². The van der Waals surface area contributed by atoms with Crippen molar-refractivity contribution in [3.05, 3.63) is 107 Å². The maximum atomic E-state index is 13.8. The number of carbonyl (C=O) groups excluding carboxylic acids is 2. The zero-order chi connectivity index (χ0) is 27.1. The van der Waals surface area contributed by atoms with Crippen molar-refractivity contribution in [1.82, 2.24) is 10.2 Å². The highest BCUT2D eigenvalue weighted by atomic mass is 16.2. The maximum Gasteiger partial charge on any atom is 0.243 e. The van der Waals surface area contributed by atoms with Gasteiger partial charge in [0.2, 0.25) is 11.8 Å². The third-order valence-electron chi connectivity index (χ3n) is 6.41. The molecule has 3 rings (SSSR count). The fourth-order valence-corrected chi connectivity index (χ4v) is 4.35. The van der Waals surface area contributed by atoms with Gasteiger partial charge in [-0.2, -0.15) is 0 Å². The standard InChI is InChI=1S/C33H42N2O2/c1-32(2,3)28-20-17-25(18-21-28)19-22-30(36)35(24-27-15-11-8-12-16-27)29(31(37)34-33(4,5)6)23-26-13-9-7-10-14-26/h7-18,20-21,29H,19,22-24H2,1-6H3,(H,34,37)/t29-/m1/s1. The largest absolute Gasteiger partial charge is 0.350 e. The molecule has 4 nitrogen and oxygen atoms in total. The van der Waals surface area contributed by atoms with Gasteiger partial charge in [0, 0.05) is 24.9 Å². The van der Waals surface area contributed by atoms with Crippen LogP contribution >= 0.6 is 0 Å². The Morgan fingerprint density at radius 2 is 1.27 bits per heavy atom. The summed E-state index contributed by atoms with van der Waals surface area (Å²) in [5.74, 6) is -0.149. The zero-order valence-corrected chi connectivity index (χ0v) is 23.3. The normalized spacial score (nSPS) is 12.6. The molecule has 0 fully saturated rings. The molecule has 196 valence electrons. The van der Waals surface area contributed by atoms with Crippen molar-refractivity contribution in [3.8, 4) is 0 Å². The summed E-state index contributed by atoms with van der Waals surface area (Å²) in [6.07, 6.45) is 1.44. The molecule has 0 saturated carbocycles. The summed E-state index contributed by atoms with van der Waals surface area (Å²) in [6, 6.07) is 27.8. The van der Waals surface area contributed by atoms with Crippen LogP contribution in [0.3, 0.4) is 0 Å². The van der Waals surface area contributed by atoms with Gasteiger partial charge in [-0.05, 0) is 54.9 Å². The van der Waals surface area contributed by atoms with Crippen molar-refractivity contribution in [3.63, 3.8) is 0 Å². The monoisotopic (exact) mass is 498 g/mol. The second-order valence-electron chi connectivity index (χ2n) is 11.9. The molecule has 0 aliphatic heterocycles. The van der Waals surface area contributed by atoms with Crippen molar-refractivity contribution in [2.75, 3.05) is 0 Å². The number of hydrogen-bond donors (Lipinski definition) is 1. The fourth-order valence-electron chi connectivity index (χ4n) is 4.35. The quantitative estimate of drug-likeness (QED) is 0.367. The molecule has 1 atom stereocenters. The predicted octanol–water partition coefficient (Wildman–Crippen LogP) is 6.47. The van der Waals surface area contributed by atoms with Gasteiger partial charge >= 0.3 is 0 Å². The second kappa shape index (κ2) is 12.2. The van der Waals surface area contributed by atoms with Gasteiger partial charge in [-0.1, -0.05) is 106 Å². The molecule has 0 heterocycles. The van der Waals surface area contributed by atoms with Gasteiger partial charge in [-0.25, -0.2) is 0 Å². The summed E-state index contributed by atoms with van der Waals surface area (Å²) >= 11 is 0. The van der Waals surface area contributed by atoms with Gasteiger partial charge in [0.05, 0.1) is 0 Å². The number of rotatable bonds is 9. The van der Waals surface area contributed by atoms with Crippen molar-refractivity contribution in [2.24, 2.45) is 0 Å². The highest BCUT2D eigenvalue weighted by Gasteiger charge is 2.32. The van der Waals surface area contributed by atoms with Crippen molar-refractivity contribution >= 4 is 11.8 Å². The molecule has 3 aromatic carbocycles. The van der Waals surface area contributed by atoms with Crippen LogP contribution in [0.1, 0.15) is 70.2 Å². The molecule has 37 heavy (non-hydrogen) atoms. The first-order chi connectivity index (χ1) is 17.4. The van der Waals surface area contributed by atoms with E-state index in [9.17, 15) is 9.59 Å². The number of carbonyl (C=O) groups is 2. The van der Waals surface area contributed by atoms with Gasteiger partial charge < -0.3 is 10.2 Å². The molecule has 3 aromatic rings. The molecular formula is C33H42N2O2. The lowest BCUT2D eigenvalue weighted by molar-refractivity contribution is -0.141. The molecule has 0 aliphatic rings. The summed E-state index contributed by atoms with van der Waals surface area (Å²) in [5.41, 5.74) is 4.12. The molecule has 1 N–H and O–H groups in total. The van der Waals surface area contributed by atoms with Gasteiger partial charge in [0.1, 0.15) is 6.04 Å². The summed E-state index contributed by atoms with van der Waals surface area (Å²) < 4.78 is 0. The molecule has 2 amide bonds. The number of nitrogens with zero attached hydrogens (tertiary/aromatic N) is 1. The molecule has 0 unspecified atom stereocenters. The molecule has 0 aromatic heterocycles. The Labute approximate surface area is 223 Å². The SMILES string of the molecule is CC(C)(C)NC(=O)[C@@H](Cc1ccccc1)N(Cc1ccccc1)C(=O)CCc1ccc(C(C)(C)C)cc1. The average molecular weight is 499 g/mol. The first-order valence-electron chi connectivity index (χ1n) is 13.2. The van der Waals surface area contributed by atoms with Crippen LogP contribution in [0, 0.1) is 0 Å². The lowest BCUT2D eigenvalue weighted by Crippen LogP contribution is -2.54. The van der Waals surface area contributed by atoms with Gasteiger partial charge in [-0.3, -0.25) is 9.59 Å².